The number of nitrogens with zero attached hydrogens (tertiary/aromatic N) is 7. The summed E-state index contributed by atoms with van der Waals surface area (Å²) >= 11 is 0. The van der Waals surface area contributed by atoms with Crippen molar-refractivity contribution in [3.8, 4) is 6.07 Å². The molecule has 0 aromatic carbocycles. The van der Waals surface area contributed by atoms with Gasteiger partial charge in [0.1, 0.15) is 0 Å². The molecule has 0 spiro atoms. The van der Waals surface area contributed by atoms with Crippen LogP contribution in [0.2, 0.25) is 0 Å². The minimum atomic E-state index is 0.465. The monoisotopic (exact) mass is 217 g/mol. The molecule has 7 heteroatoms. The standard InChI is InChI=1S/C9H11N7/c1-2-15(5-3-4-10)9-7-11-6-8-12-13-14-16(8)9/h6-7H,2-3,5H2,1H3. The highest BCUT2D eigenvalue weighted by Crippen LogP contribution is 2.12. The van der Waals surface area contributed by atoms with E-state index in [2.05, 4.69) is 26.6 Å². The van der Waals surface area contributed by atoms with Crippen molar-refractivity contribution in [3.63, 3.8) is 0 Å². The quantitative estimate of drug-likeness (QED) is 0.730. The van der Waals surface area contributed by atoms with Crippen molar-refractivity contribution < 1.29 is 0 Å². The molecule has 0 saturated heterocycles. The van der Waals surface area contributed by atoms with Crippen molar-refractivity contribution in [2.24, 2.45) is 0 Å². The molecule has 0 atom stereocenters. The third-order valence-corrected chi connectivity index (χ3v) is 2.29. The van der Waals surface area contributed by atoms with Gasteiger partial charge in [-0.3, -0.25) is 4.98 Å². The van der Waals surface area contributed by atoms with E-state index in [4.69, 9.17) is 5.26 Å². The normalized spacial score (nSPS) is 10.2. The van der Waals surface area contributed by atoms with Crippen LogP contribution in [0.25, 0.3) is 5.65 Å². The first kappa shape index (κ1) is 10.3. The molecule has 0 fully saturated rings. The second kappa shape index (κ2) is 4.53. The van der Waals surface area contributed by atoms with E-state index in [1.807, 2.05) is 11.8 Å². The van der Waals surface area contributed by atoms with E-state index in [0.717, 1.165) is 12.4 Å². The van der Waals surface area contributed by atoms with E-state index in [1.54, 1.807) is 16.9 Å². The summed E-state index contributed by atoms with van der Waals surface area (Å²) in [5.74, 6) is 0.806. The topological polar surface area (TPSA) is 83.0 Å². The highest BCUT2D eigenvalue weighted by atomic mass is 15.5. The van der Waals surface area contributed by atoms with E-state index in [1.165, 1.54) is 0 Å². The molecule has 0 aliphatic heterocycles. The summed E-state index contributed by atoms with van der Waals surface area (Å²) in [5, 5.41) is 19.9. The number of aromatic nitrogens is 5. The van der Waals surface area contributed by atoms with Gasteiger partial charge in [-0.15, -0.1) is 5.10 Å². The van der Waals surface area contributed by atoms with Crippen LogP contribution in [0.5, 0.6) is 0 Å². The van der Waals surface area contributed by atoms with Crippen molar-refractivity contribution >= 4 is 11.5 Å². The number of fused-ring (bicyclic) bond motifs is 1. The molecule has 0 aliphatic rings. The zero-order chi connectivity index (χ0) is 11.4. The van der Waals surface area contributed by atoms with E-state index in [0.29, 0.717) is 18.6 Å². The average molecular weight is 217 g/mol. The smallest absolute Gasteiger partial charge is 0.199 e. The highest BCUT2D eigenvalue weighted by molar-refractivity contribution is 5.45. The van der Waals surface area contributed by atoms with Crippen LogP contribution in [0.15, 0.2) is 12.4 Å². The van der Waals surface area contributed by atoms with Crippen LogP contribution in [0.4, 0.5) is 5.82 Å². The van der Waals surface area contributed by atoms with Gasteiger partial charge in [0.25, 0.3) is 0 Å². The van der Waals surface area contributed by atoms with Gasteiger partial charge in [0, 0.05) is 13.1 Å². The lowest BCUT2D eigenvalue weighted by Gasteiger charge is -2.20. The van der Waals surface area contributed by atoms with E-state index < -0.39 is 0 Å². The Hall–Kier alpha value is -2.23. The van der Waals surface area contributed by atoms with E-state index in [9.17, 15) is 0 Å². The molecular weight excluding hydrogens is 206 g/mol. The van der Waals surface area contributed by atoms with Gasteiger partial charge in [0.15, 0.2) is 11.5 Å². The number of hydrogen-bond acceptors (Lipinski definition) is 6. The van der Waals surface area contributed by atoms with Crippen LogP contribution in [0.3, 0.4) is 0 Å². The molecule has 0 saturated carbocycles. The molecule has 16 heavy (non-hydrogen) atoms. The number of anilines is 1. The van der Waals surface area contributed by atoms with Gasteiger partial charge >= 0.3 is 0 Å². The van der Waals surface area contributed by atoms with Crippen molar-refractivity contribution in [3.05, 3.63) is 12.4 Å². The zero-order valence-electron chi connectivity index (χ0n) is 8.91. The van der Waals surface area contributed by atoms with Crippen LogP contribution in [-0.4, -0.2) is 38.1 Å². The number of hydrogen-bond donors (Lipinski definition) is 0. The maximum absolute atomic E-state index is 8.59. The third kappa shape index (κ3) is 1.77. The molecule has 2 heterocycles. The van der Waals surface area contributed by atoms with Crippen LogP contribution in [0, 0.1) is 11.3 Å². The summed E-state index contributed by atoms with van der Waals surface area (Å²) in [6, 6.07) is 2.12. The van der Waals surface area contributed by atoms with E-state index >= 15 is 0 Å². The molecule has 0 radical (unpaired) electrons. The zero-order valence-corrected chi connectivity index (χ0v) is 8.91. The first-order valence-corrected chi connectivity index (χ1v) is 5.00. The van der Waals surface area contributed by atoms with Crippen molar-refractivity contribution in [1.82, 2.24) is 25.0 Å². The predicted molar refractivity (Wildman–Crippen MR) is 56.7 cm³/mol. The first-order chi connectivity index (χ1) is 7.86. The Balaban J connectivity index is 2.37. The van der Waals surface area contributed by atoms with Crippen molar-refractivity contribution in [1.29, 1.82) is 5.26 Å². The lowest BCUT2D eigenvalue weighted by atomic mass is 10.4. The fourth-order valence-electron chi connectivity index (χ4n) is 1.50. The largest absolute Gasteiger partial charge is 0.354 e. The predicted octanol–water partition coefficient (Wildman–Crippen LogP) is 0.259. The molecule has 0 aliphatic carbocycles. The molecule has 7 nitrogen and oxygen atoms in total. The summed E-state index contributed by atoms with van der Waals surface area (Å²) in [4.78, 5) is 6.09. The molecule has 0 unspecified atom stereocenters. The molecule has 0 amide bonds. The van der Waals surface area contributed by atoms with Crippen LogP contribution >= 0.6 is 0 Å². The number of nitriles is 1. The summed E-state index contributed by atoms with van der Waals surface area (Å²) in [6.45, 7) is 3.44. The van der Waals surface area contributed by atoms with Gasteiger partial charge in [-0.1, -0.05) is 0 Å². The maximum atomic E-state index is 8.59. The SMILES string of the molecule is CCN(CCC#N)c1cncc2nnnn12. The van der Waals surface area contributed by atoms with Gasteiger partial charge in [0.05, 0.1) is 24.9 Å². The van der Waals surface area contributed by atoms with Gasteiger partial charge in [-0.2, -0.15) is 9.78 Å². The second-order valence-corrected chi connectivity index (χ2v) is 3.20. The molecule has 2 aromatic heterocycles. The second-order valence-electron chi connectivity index (χ2n) is 3.20. The Kier molecular flexibility index (Phi) is 2.91. The van der Waals surface area contributed by atoms with E-state index in [-0.39, 0.29) is 0 Å². The van der Waals surface area contributed by atoms with Crippen LogP contribution in [-0.2, 0) is 0 Å². The van der Waals surface area contributed by atoms with Gasteiger partial charge < -0.3 is 4.90 Å². The fraction of sp³-hybridized carbons (Fsp3) is 0.444. The fourth-order valence-corrected chi connectivity index (χ4v) is 1.50. The minimum absolute atomic E-state index is 0.465. The molecule has 0 N–H and O–H groups in total. The Bertz CT molecular complexity index is 512. The Morgan fingerprint density at radius 2 is 2.38 bits per heavy atom. The summed E-state index contributed by atoms with van der Waals surface area (Å²) in [7, 11) is 0. The Morgan fingerprint density at radius 1 is 1.50 bits per heavy atom. The molecule has 0 bridgehead atoms. The van der Waals surface area contributed by atoms with Crippen molar-refractivity contribution in [2.75, 3.05) is 18.0 Å². The van der Waals surface area contributed by atoms with Gasteiger partial charge in [-0.05, 0) is 17.4 Å². The minimum Gasteiger partial charge on any atom is -0.354 e. The number of rotatable bonds is 4. The molecule has 82 valence electrons. The number of tetrazole rings is 1. The average Bonchev–Trinajstić information content (AvgIpc) is 2.78. The van der Waals surface area contributed by atoms with Crippen LogP contribution in [0.1, 0.15) is 13.3 Å². The Morgan fingerprint density at radius 3 is 3.12 bits per heavy atom. The molecular formula is C9H11N7. The lowest BCUT2D eigenvalue weighted by Crippen LogP contribution is -2.26. The summed E-state index contributed by atoms with van der Waals surface area (Å²) in [6.07, 6.45) is 3.76. The van der Waals surface area contributed by atoms with Gasteiger partial charge in [0.2, 0.25) is 0 Å². The summed E-state index contributed by atoms with van der Waals surface area (Å²) in [5.41, 5.74) is 0.605. The molecule has 2 rings (SSSR count). The Labute approximate surface area is 92.3 Å². The maximum Gasteiger partial charge on any atom is 0.199 e. The van der Waals surface area contributed by atoms with Crippen molar-refractivity contribution in [2.45, 2.75) is 13.3 Å². The van der Waals surface area contributed by atoms with Gasteiger partial charge in [-0.25, -0.2) is 0 Å². The third-order valence-electron chi connectivity index (χ3n) is 2.29. The molecule has 2 aromatic rings. The first-order valence-electron chi connectivity index (χ1n) is 5.00. The lowest BCUT2D eigenvalue weighted by molar-refractivity contribution is 0.751. The summed E-state index contributed by atoms with van der Waals surface area (Å²) < 4.78 is 1.62. The highest BCUT2D eigenvalue weighted by Gasteiger charge is 2.10. The van der Waals surface area contributed by atoms with Crippen LogP contribution < -0.4 is 4.90 Å².